The van der Waals surface area contributed by atoms with E-state index < -0.39 is 17.6 Å². The first-order chi connectivity index (χ1) is 16.0. The fourth-order valence-electron chi connectivity index (χ4n) is 4.56. The number of carbonyl (C=O) groups is 1. The maximum atomic E-state index is 12.0. The van der Waals surface area contributed by atoms with E-state index in [0.717, 1.165) is 16.7 Å². The third kappa shape index (κ3) is 5.16. The largest absolute Gasteiger partial charge is 0.497 e. The minimum absolute atomic E-state index is 0.155. The molecule has 33 heavy (non-hydrogen) atoms. The summed E-state index contributed by atoms with van der Waals surface area (Å²) in [5, 5.41) is 21.1. The van der Waals surface area contributed by atoms with Crippen molar-refractivity contribution in [3.05, 3.63) is 108 Å². The molecule has 0 unspecified atom stereocenters. The van der Waals surface area contributed by atoms with Gasteiger partial charge in [-0.25, -0.2) is 0 Å². The number of aliphatic hydroxyl groups is 1. The van der Waals surface area contributed by atoms with Crippen LogP contribution in [0.1, 0.15) is 29.5 Å². The summed E-state index contributed by atoms with van der Waals surface area (Å²) < 4.78 is 5.20. The topological polar surface area (TPSA) is 70.0 Å². The number of ether oxygens (including phenoxy) is 1. The van der Waals surface area contributed by atoms with Gasteiger partial charge in [-0.15, -0.1) is 0 Å². The number of β-amino-alcohol motifs (C(OH)–C–C–N with tert-alkyl or cyclic N) is 1. The van der Waals surface area contributed by atoms with Crippen LogP contribution in [0.5, 0.6) is 5.75 Å². The lowest BCUT2D eigenvalue weighted by atomic mass is 9.91. The Balaban J connectivity index is 1.54. The van der Waals surface area contributed by atoms with E-state index in [9.17, 15) is 15.0 Å². The van der Waals surface area contributed by atoms with E-state index in [4.69, 9.17) is 4.74 Å². The molecule has 0 amide bonds. The molecule has 0 aromatic heterocycles. The molecule has 1 heterocycles. The van der Waals surface area contributed by atoms with Gasteiger partial charge in [0.2, 0.25) is 0 Å². The van der Waals surface area contributed by atoms with Crippen molar-refractivity contribution in [2.45, 2.75) is 24.5 Å². The molecule has 0 aliphatic carbocycles. The summed E-state index contributed by atoms with van der Waals surface area (Å²) in [7, 11) is 1.59. The number of rotatable bonds is 8. The second-order valence-electron chi connectivity index (χ2n) is 8.43. The predicted molar refractivity (Wildman–Crippen MR) is 129 cm³/mol. The molecule has 1 aliphatic heterocycles. The first-order valence-electron chi connectivity index (χ1n) is 11.1. The Hall–Kier alpha value is -3.41. The van der Waals surface area contributed by atoms with Crippen LogP contribution >= 0.6 is 0 Å². The third-order valence-corrected chi connectivity index (χ3v) is 6.28. The van der Waals surface area contributed by atoms with Crippen molar-refractivity contribution in [2.75, 3.05) is 20.2 Å². The SMILES string of the molecule is COc1ccc([C@@]2(O)C[C@H](C(=O)O)N(CCC=C(c3ccccc3)c3ccccc3)C2)cc1. The highest BCUT2D eigenvalue weighted by atomic mass is 16.5. The van der Waals surface area contributed by atoms with E-state index in [1.165, 1.54) is 0 Å². The second-order valence-corrected chi connectivity index (χ2v) is 8.43. The summed E-state index contributed by atoms with van der Waals surface area (Å²) in [4.78, 5) is 13.9. The first kappa shape index (κ1) is 22.8. The Morgan fingerprint density at radius 3 is 2.09 bits per heavy atom. The molecule has 0 saturated carbocycles. The molecule has 5 nitrogen and oxygen atoms in total. The number of nitrogens with zero attached hydrogens (tertiary/aromatic N) is 1. The number of methoxy groups -OCH3 is 1. The maximum absolute atomic E-state index is 12.0. The summed E-state index contributed by atoms with van der Waals surface area (Å²) in [6.07, 6.45) is 2.98. The Bertz CT molecular complexity index is 1050. The Labute approximate surface area is 194 Å². The molecule has 1 saturated heterocycles. The van der Waals surface area contributed by atoms with Crippen LogP contribution in [0, 0.1) is 0 Å². The standard InChI is InChI=1S/C28H29NO4/c1-33-24-16-14-23(15-17-24)28(32)19-26(27(30)31)29(20-28)18-8-13-25(21-9-4-2-5-10-21)22-11-6-3-7-12-22/h2-7,9-17,26,32H,8,18-20H2,1H3,(H,30,31)/t26-,28-/m1/s1. The van der Waals surface area contributed by atoms with Crippen LogP contribution in [-0.2, 0) is 10.4 Å². The van der Waals surface area contributed by atoms with Gasteiger partial charge >= 0.3 is 5.97 Å². The zero-order valence-corrected chi connectivity index (χ0v) is 18.7. The quantitative estimate of drug-likeness (QED) is 0.534. The van der Waals surface area contributed by atoms with Crippen molar-refractivity contribution >= 4 is 11.5 Å². The minimum Gasteiger partial charge on any atom is -0.497 e. The number of benzene rings is 3. The molecule has 0 spiro atoms. The van der Waals surface area contributed by atoms with Crippen LogP contribution < -0.4 is 4.74 Å². The fourth-order valence-corrected chi connectivity index (χ4v) is 4.56. The van der Waals surface area contributed by atoms with E-state index in [-0.39, 0.29) is 13.0 Å². The van der Waals surface area contributed by atoms with Crippen molar-refractivity contribution < 1.29 is 19.7 Å². The van der Waals surface area contributed by atoms with E-state index >= 15 is 0 Å². The molecule has 2 N–H and O–H groups in total. The lowest BCUT2D eigenvalue weighted by Crippen LogP contribution is -2.36. The molecule has 0 bridgehead atoms. The molecular weight excluding hydrogens is 414 g/mol. The molecule has 5 heteroatoms. The molecule has 3 aromatic rings. The van der Waals surface area contributed by atoms with Crippen LogP contribution in [0.2, 0.25) is 0 Å². The van der Waals surface area contributed by atoms with Crippen molar-refractivity contribution in [1.82, 2.24) is 4.90 Å². The number of hydrogen-bond acceptors (Lipinski definition) is 4. The van der Waals surface area contributed by atoms with Gasteiger partial charge in [-0.05, 0) is 40.8 Å². The zero-order chi connectivity index (χ0) is 23.3. The van der Waals surface area contributed by atoms with Crippen LogP contribution in [0.3, 0.4) is 0 Å². The van der Waals surface area contributed by atoms with Gasteiger partial charge in [0.25, 0.3) is 0 Å². The summed E-state index contributed by atoms with van der Waals surface area (Å²) >= 11 is 0. The molecule has 3 aromatic carbocycles. The summed E-state index contributed by atoms with van der Waals surface area (Å²) in [6.45, 7) is 0.814. The molecule has 1 aliphatic rings. The van der Waals surface area contributed by atoms with Gasteiger partial charge in [0, 0.05) is 19.5 Å². The number of carboxylic acid groups (broad SMARTS) is 1. The van der Waals surface area contributed by atoms with Gasteiger partial charge in [-0.2, -0.15) is 0 Å². The van der Waals surface area contributed by atoms with Crippen molar-refractivity contribution in [3.8, 4) is 5.75 Å². The van der Waals surface area contributed by atoms with Crippen molar-refractivity contribution in [1.29, 1.82) is 0 Å². The van der Waals surface area contributed by atoms with Crippen molar-refractivity contribution in [3.63, 3.8) is 0 Å². The lowest BCUT2D eigenvalue weighted by Gasteiger charge is -2.24. The molecule has 2 atom stereocenters. The summed E-state index contributed by atoms with van der Waals surface area (Å²) in [5.41, 5.74) is 2.86. The van der Waals surface area contributed by atoms with Gasteiger partial charge in [-0.3, -0.25) is 9.69 Å². The third-order valence-electron chi connectivity index (χ3n) is 6.28. The molecular formula is C28H29NO4. The Morgan fingerprint density at radius 2 is 1.58 bits per heavy atom. The monoisotopic (exact) mass is 443 g/mol. The number of likely N-dealkylation sites (tertiary alicyclic amines) is 1. The first-order valence-corrected chi connectivity index (χ1v) is 11.1. The Morgan fingerprint density at radius 1 is 1.00 bits per heavy atom. The summed E-state index contributed by atoms with van der Waals surface area (Å²) in [5.74, 6) is -0.207. The Kier molecular flexibility index (Phi) is 6.92. The van der Waals surface area contributed by atoms with Gasteiger partial charge in [0.1, 0.15) is 17.4 Å². The maximum Gasteiger partial charge on any atom is 0.321 e. The molecule has 1 fully saturated rings. The second kappa shape index (κ2) is 10.0. The van der Waals surface area contributed by atoms with Gasteiger partial charge in [0.05, 0.1) is 7.11 Å². The molecule has 4 rings (SSSR count). The van der Waals surface area contributed by atoms with E-state index in [1.54, 1.807) is 19.2 Å². The van der Waals surface area contributed by atoms with Crippen LogP contribution in [0.4, 0.5) is 0 Å². The highest BCUT2D eigenvalue weighted by molar-refractivity contribution is 5.79. The van der Waals surface area contributed by atoms with Gasteiger partial charge in [-0.1, -0.05) is 78.9 Å². The minimum atomic E-state index is -1.21. The van der Waals surface area contributed by atoms with E-state index in [1.807, 2.05) is 53.4 Å². The van der Waals surface area contributed by atoms with Crippen molar-refractivity contribution in [2.24, 2.45) is 0 Å². The molecule has 0 radical (unpaired) electrons. The summed E-state index contributed by atoms with van der Waals surface area (Å²) in [6, 6.07) is 26.8. The highest BCUT2D eigenvalue weighted by Crippen LogP contribution is 2.37. The number of carboxylic acids is 1. The van der Waals surface area contributed by atoms with E-state index in [0.29, 0.717) is 24.3 Å². The smallest absolute Gasteiger partial charge is 0.321 e. The van der Waals surface area contributed by atoms with Gasteiger partial charge < -0.3 is 14.9 Å². The highest BCUT2D eigenvalue weighted by Gasteiger charge is 2.46. The average Bonchev–Trinajstić information content (AvgIpc) is 3.21. The predicted octanol–water partition coefficient (Wildman–Crippen LogP) is 4.56. The zero-order valence-electron chi connectivity index (χ0n) is 18.7. The van der Waals surface area contributed by atoms with Crippen LogP contribution in [0.15, 0.2) is 91.0 Å². The number of hydrogen-bond donors (Lipinski definition) is 2. The number of aliphatic carboxylic acids is 1. The van der Waals surface area contributed by atoms with Gasteiger partial charge in [0.15, 0.2) is 0 Å². The van der Waals surface area contributed by atoms with E-state index in [2.05, 4.69) is 30.3 Å². The fraction of sp³-hybridized carbons (Fsp3) is 0.250. The lowest BCUT2D eigenvalue weighted by molar-refractivity contribution is -0.142. The average molecular weight is 444 g/mol. The normalized spacial score (nSPS) is 20.4. The van der Waals surface area contributed by atoms with Crippen LogP contribution in [-0.4, -0.2) is 47.3 Å². The molecule has 170 valence electrons. The van der Waals surface area contributed by atoms with Crippen LogP contribution in [0.25, 0.3) is 5.57 Å².